The molecule has 22 heavy (non-hydrogen) atoms. The molecule has 0 aromatic carbocycles. The van der Waals surface area contributed by atoms with E-state index < -0.39 is 0 Å². The van der Waals surface area contributed by atoms with Crippen LogP contribution in [0.2, 0.25) is 0 Å². The second kappa shape index (κ2) is 12.1. The number of guanidine groups is 1. The van der Waals surface area contributed by atoms with E-state index in [-0.39, 0.29) is 11.6 Å². The molecule has 0 saturated heterocycles. The third-order valence-corrected chi connectivity index (χ3v) is 2.74. The van der Waals surface area contributed by atoms with Gasteiger partial charge in [0, 0.05) is 26.1 Å². The SMILES string of the molecule is C=CCNC(=NCCCCCCC(=O)OC(C)(C)C)NCC. The highest BCUT2D eigenvalue weighted by Gasteiger charge is 2.15. The molecule has 2 N–H and O–H groups in total. The van der Waals surface area contributed by atoms with Gasteiger partial charge in [-0.3, -0.25) is 9.79 Å². The van der Waals surface area contributed by atoms with Gasteiger partial charge in [-0.25, -0.2) is 0 Å². The van der Waals surface area contributed by atoms with Crippen LogP contribution in [0, 0.1) is 0 Å². The number of carbonyl (C=O) groups excluding carboxylic acids is 1. The Kier molecular flexibility index (Phi) is 11.2. The maximum absolute atomic E-state index is 11.5. The molecule has 5 heteroatoms. The largest absolute Gasteiger partial charge is 0.460 e. The summed E-state index contributed by atoms with van der Waals surface area (Å²) in [5.74, 6) is 0.727. The number of nitrogens with zero attached hydrogens (tertiary/aromatic N) is 1. The molecular formula is C17H33N3O2. The maximum atomic E-state index is 11.5. The first-order valence-electron chi connectivity index (χ1n) is 8.24. The van der Waals surface area contributed by atoms with Gasteiger partial charge >= 0.3 is 5.97 Å². The van der Waals surface area contributed by atoms with Gasteiger partial charge in [-0.2, -0.15) is 0 Å². The molecule has 5 nitrogen and oxygen atoms in total. The van der Waals surface area contributed by atoms with Crippen LogP contribution < -0.4 is 10.6 Å². The van der Waals surface area contributed by atoms with E-state index >= 15 is 0 Å². The van der Waals surface area contributed by atoms with Crippen molar-refractivity contribution in [3.8, 4) is 0 Å². The Morgan fingerprint density at radius 3 is 2.45 bits per heavy atom. The minimum Gasteiger partial charge on any atom is -0.460 e. The summed E-state index contributed by atoms with van der Waals surface area (Å²) in [4.78, 5) is 16.0. The first-order chi connectivity index (χ1) is 10.4. The summed E-state index contributed by atoms with van der Waals surface area (Å²) >= 11 is 0. The lowest BCUT2D eigenvalue weighted by atomic mass is 10.1. The van der Waals surface area contributed by atoms with Crippen molar-refractivity contribution in [3.05, 3.63) is 12.7 Å². The van der Waals surface area contributed by atoms with Crippen LogP contribution in [0.25, 0.3) is 0 Å². The molecule has 0 fully saturated rings. The molecular weight excluding hydrogens is 278 g/mol. The molecule has 0 unspecified atom stereocenters. The topological polar surface area (TPSA) is 62.7 Å². The Hall–Kier alpha value is -1.52. The lowest BCUT2D eigenvalue weighted by Gasteiger charge is -2.19. The first-order valence-corrected chi connectivity index (χ1v) is 8.24. The predicted octanol–water partition coefficient (Wildman–Crippen LogP) is 3.02. The zero-order chi connectivity index (χ0) is 16.8. The van der Waals surface area contributed by atoms with E-state index in [1.165, 1.54) is 0 Å². The Morgan fingerprint density at radius 1 is 1.18 bits per heavy atom. The molecule has 0 rings (SSSR count). The van der Waals surface area contributed by atoms with E-state index in [4.69, 9.17) is 4.74 Å². The molecule has 0 bridgehead atoms. The summed E-state index contributed by atoms with van der Waals surface area (Å²) < 4.78 is 5.28. The Labute approximate surface area is 135 Å². The van der Waals surface area contributed by atoms with Crippen molar-refractivity contribution in [3.63, 3.8) is 0 Å². The van der Waals surface area contributed by atoms with Gasteiger partial charge in [-0.15, -0.1) is 6.58 Å². The van der Waals surface area contributed by atoms with E-state index in [1.807, 2.05) is 33.8 Å². The monoisotopic (exact) mass is 311 g/mol. The van der Waals surface area contributed by atoms with Gasteiger partial charge in [0.25, 0.3) is 0 Å². The average Bonchev–Trinajstić information content (AvgIpc) is 2.41. The second-order valence-corrected chi connectivity index (χ2v) is 6.18. The number of nitrogens with one attached hydrogen (secondary N) is 2. The summed E-state index contributed by atoms with van der Waals surface area (Å²) in [6, 6.07) is 0. The third kappa shape index (κ3) is 13.5. The van der Waals surface area contributed by atoms with E-state index in [2.05, 4.69) is 22.2 Å². The zero-order valence-electron chi connectivity index (χ0n) is 14.7. The molecule has 0 aromatic rings. The summed E-state index contributed by atoms with van der Waals surface area (Å²) in [5, 5.41) is 6.35. The summed E-state index contributed by atoms with van der Waals surface area (Å²) in [6.45, 7) is 13.7. The van der Waals surface area contributed by atoms with E-state index in [0.717, 1.165) is 44.7 Å². The number of aliphatic imine (C=N–C) groups is 1. The summed E-state index contributed by atoms with van der Waals surface area (Å²) in [7, 11) is 0. The van der Waals surface area contributed by atoms with Crippen molar-refractivity contribution in [2.24, 2.45) is 4.99 Å². The highest BCUT2D eigenvalue weighted by molar-refractivity contribution is 5.79. The quantitative estimate of drug-likeness (QED) is 0.214. The van der Waals surface area contributed by atoms with Crippen molar-refractivity contribution in [2.45, 2.75) is 65.4 Å². The van der Waals surface area contributed by atoms with Crippen LogP contribution in [0.4, 0.5) is 0 Å². The summed E-state index contributed by atoms with van der Waals surface area (Å²) in [5.41, 5.74) is -0.382. The van der Waals surface area contributed by atoms with Crippen molar-refractivity contribution >= 4 is 11.9 Å². The minimum atomic E-state index is -0.382. The highest BCUT2D eigenvalue weighted by Crippen LogP contribution is 2.11. The molecule has 0 amide bonds. The standard InChI is InChI=1S/C17H33N3O2/c1-6-13-19-16(18-7-2)20-14-11-9-8-10-12-15(21)22-17(3,4)5/h6H,1,7-14H2,2-5H3,(H2,18,19,20). The highest BCUT2D eigenvalue weighted by atomic mass is 16.6. The van der Waals surface area contributed by atoms with Crippen molar-refractivity contribution in [1.82, 2.24) is 10.6 Å². The average molecular weight is 311 g/mol. The summed E-state index contributed by atoms with van der Waals surface area (Å²) in [6.07, 6.45) is 6.33. The van der Waals surface area contributed by atoms with Gasteiger partial charge in [0.05, 0.1) is 0 Å². The van der Waals surface area contributed by atoms with Crippen LogP contribution in [-0.2, 0) is 9.53 Å². The lowest BCUT2D eigenvalue weighted by Crippen LogP contribution is -2.37. The van der Waals surface area contributed by atoms with Gasteiger partial charge in [-0.05, 0) is 40.5 Å². The van der Waals surface area contributed by atoms with Crippen LogP contribution in [0.1, 0.15) is 59.8 Å². The number of rotatable bonds is 10. The number of ether oxygens (including phenoxy) is 1. The molecule has 0 aliphatic carbocycles. The van der Waals surface area contributed by atoms with Gasteiger partial charge in [0.15, 0.2) is 5.96 Å². The lowest BCUT2D eigenvalue weighted by molar-refractivity contribution is -0.154. The van der Waals surface area contributed by atoms with E-state index in [0.29, 0.717) is 13.0 Å². The molecule has 0 radical (unpaired) electrons. The Bertz CT molecular complexity index is 346. The second-order valence-electron chi connectivity index (χ2n) is 6.18. The fourth-order valence-electron chi connectivity index (χ4n) is 1.83. The van der Waals surface area contributed by atoms with Crippen LogP contribution >= 0.6 is 0 Å². The molecule has 0 heterocycles. The van der Waals surface area contributed by atoms with Crippen LogP contribution in [-0.4, -0.2) is 37.2 Å². The molecule has 0 aliphatic rings. The predicted molar refractivity (Wildman–Crippen MR) is 93.1 cm³/mol. The Balaban J connectivity index is 3.70. The fraction of sp³-hybridized carbons (Fsp3) is 0.765. The molecule has 128 valence electrons. The van der Waals surface area contributed by atoms with Gasteiger partial charge < -0.3 is 15.4 Å². The van der Waals surface area contributed by atoms with E-state index in [9.17, 15) is 4.79 Å². The maximum Gasteiger partial charge on any atom is 0.306 e. The van der Waals surface area contributed by atoms with Crippen molar-refractivity contribution < 1.29 is 9.53 Å². The smallest absolute Gasteiger partial charge is 0.306 e. The molecule has 0 aromatic heterocycles. The number of esters is 1. The number of unbranched alkanes of at least 4 members (excludes halogenated alkanes) is 3. The molecule has 0 aliphatic heterocycles. The van der Waals surface area contributed by atoms with Gasteiger partial charge in [0.1, 0.15) is 5.60 Å². The first kappa shape index (κ1) is 20.5. The fourth-order valence-corrected chi connectivity index (χ4v) is 1.83. The zero-order valence-corrected chi connectivity index (χ0v) is 14.7. The number of carbonyl (C=O) groups is 1. The molecule has 0 atom stereocenters. The number of hydrogen-bond donors (Lipinski definition) is 2. The van der Waals surface area contributed by atoms with Gasteiger partial charge in [0.2, 0.25) is 0 Å². The van der Waals surface area contributed by atoms with Crippen molar-refractivity contribution in [2.75, 3.05) is 19.6 Å². The number of hydrogen-bond acceptors (Lipinski definition) is 3. The van der Waals surface area contributed by atoms with Gasteiger partial charge in [-0.1, -0.05) is 18.9 Å². The third-order valence-electron chi connectivity index (χ3n) is 2.74. The van der Waals surface area contributed by atoms with E-state index in [1.54, 1.807) is 0 Å². The van der Waals surface area contributed by atoms with Crippen LogP contribution in [0.5, 0.6) is 0 Å². The molecule has 0 spiro atoms. The normalized spacial score (nSPS) is 11.9. The minimum absolute atomic E-state index is 0.103. The van der Waals surface area contributed by atoms with Crippen LogP contribution in [0.3, 0.4) is 0 Å². The van der Waals surface area contributed by atoms with Crippen LogP contribution in [0.15, 0.2) is 17.6 Å². The van der Waals surface area contributed by atoms with Crippen molar-refractivity contribution in [1.29, 1.82) is 0 Å². The Morgan fingerprint density at radius 2 is 1.86 bits per heavy atom. The molecule has 0 saturated carbocycles.